The highest BCUT2D eigenvalue weighted by Gasteiger charge is 2.20. The van der Waals surface area contributed by atoms with Gasteiger partial charge in [-0.05, 0) is 29.7 Å². The number of aromatic nitrogens is 2. The number of carbonyl (C=O) groups is 1. The first-order chi connectivity index (χ1) is 11.8. The highest BCUT2D eigenvalue weighted by molar-refractivity contribution is 5.90. The predicted octanol–water partition coefficient (Wildman–Crippen LogP) is 2.63. The molecular weight excluding hydrogens is 300 g/mol. The molecule has 2 heterocycles. The van der Waals surface area contributed by atoms with Crippen molar-refractivity contribution in [2.75, 3.05) is 18.4 Å². The molecule has 0 bridgehead atoms. The molecule has 3 aromatic rings. The molecule has 1 N–H and O–H groups in total. The molecular formula is C19H18N4O. The van der Waals surface area contributed by atoms with Gasteiger partial charge in [-0.2, -0.15) is 0 Å². The summed E-state index contributed by atoms with van der Waals surface area (Å²) in [6.07, 6.45) is 2.44. The lowest BCUT2D eigenvalue weighted by Gasteiger charge is -2.29. The Hall–Kier alpha value is -2.95. The molecule has 2 aromatic carbocycles. The van der Waals surface area contributed by atoms with Crippen molar-refractivity contribution < 1.29 is 4.79 Å². The van der Waals surface area contributed by atoms with Crippen molar-refractivity contribution in [3.63, 3.8) is 0 Å². The van der Waals surface area contributed by atoms with Gasteiger partial charge in [-0.25, -0.2) is 9.97 Å². The van der Waals surface area contributed by atoms with E-state index in [1.165, 1.54) is 17.5 Å². The van der Waals surface area contributed by atoms with Crippen molar-refractivity contribution in [3.8, 4) is 0 Å². The van der Waals surface area contributed by atoms with E-state index in [1.807, 2.05) is 35.2 Å². The van der Waals surface area contributed by atoms with Gasteiger partial charge in [-0.1, -0.05) is 36.4 Å². The number of hydrogen-bond donors (Lipinski definition) is 1. The van der Waals surface area contributed by atoms with Crippen LogP contribution in [0.5, 0.6) is 0 Å². The van der Waals surface area contributed by atoms with Crippen LogP contribution in [0.15, 0.2) is 54.9 Å². The third-order valence-corrected chi connectivity index (χ3v) is 4.43. The Balaban J connectivity index is 1.45. The summed E-state index contributed by atoms with van der Waals surface area (Å²) in [7, 11) is 0. The Morgan fingerprint density at radius 3 is 2.75 bits per heavy atom. The quantitative estimate of drug-likeness (QED) is 0.806. The van der Waals surface area contributed by atoms with Crippen molar-refractivity contribution in [1.29, 1.82) is 0 Å². The third kappa shape index (κ3) is 2.80. The van der Waals surface area contributed by atoms with Gasteiger partial charge in [-0.15, -0.1) is 0 Å². The van der Waals surface area contributed by atoms with Crippen LogP contribution < -0.4 is 5.32 Å². The fourth-order valence-electron chi connectivity index (χ4n) is 3.13. The Morgan fingerprint density at radius 2 is 1.83 bits per heavy atom. The molecule has 0 saturated carbocycles. The molecule has 1 aliphatic rings. The summed E-state index contributed by atoms with van der Waals surface area (Å²) in [6.45, 7) is 1.69. The van der Waals surface area contributed by atoms with Crippen LogP contribution >= 0.6 is 0 Å². The number of anilines is 1. The van der Waals surface area contributed by atoms with E-state index in [-0.39, 0.29) is 12.5 Å². The van der Waals surface area contributed by atoms with E-state index in [1.54, 1.807) is 0 Å². The average molecular weight is 318 g/mol. The Bertz CT molecular complexity index is 888. The number of hydrogen-bond acceptors (Lipinski definition) is 4. The summed E-state index contributed by atoms with van der Waals surface area (Å²) < 4.78 is 0. The standard InChI is InChI=1S/C19H18N4O/c24-18(23-10-9-14-5-1-2-6-15(14)12-23)11-20-19-16-7-3-4-8-17(16)21-13-22-19/h1-8,13H,9-12H2,(H,20,21,22). The maximum atomic E-state index is 12.5. The van der Waals surface area contributed by atoms with Crippen molar-refractivity contribution in [3.05, 3.63) is 66.0 Å². The maximum Gasteiger partial charge on any atom is 0.242 e. The summed E-state index contributed by atoms with van der Waals surface area (Å²) in [5.74, 6) is 0.790. The van der Waals surface area contributed by atoms with Gasteiger partial charge in [0, 0.05) is 18.5 Å². The van der Waals surface area contributed by atoms with Crippen LogP contribution in [0.25, 0.3) is 10.9 Å². The zero-order valence-electron chi connectivity index (χ0n) is 13.3. The monoisotopic (exact) mass is 318 g/mol. The molecule has 0 unspecified atom stereocenters. The average Bonchev–Trinajstić information content (AvgIpc) is 2.65. The van der Waals surface area contributed by atoms with Crippen LogP contribution in [0.4, 0.5) is 5.82 Å². The molecule has 0 atom stereocenters. The number of para-hydroxylation sites is 1. The van der Waals surface area contributed by atoms with Gasteiger partial charge >= 0.3 is 0 Å². The largest absolute Gasteiger partial charge is 0.360 e. The van der Waals surface area contributed by atoms with Crippen LogP contribution in [0.1, 0.15) is 11.1 Å². The second kappa shape index (κ2) is 6.28. The summed E-state index contributed by atoms with van der Waals surface area (Å²) in [6, 6.07) is 16.1. The first-order valence-electron chi connectivity index (χ1n) is 8.09. The lowest BCUT2D eigenvalue weighted by Crippen LogP contribution is -2.39. The number of nitrogens with zero attached hydrogens (tertiary/aromatic N) is 3. The normalized spacial score (nSPS) is 13.6. The Labute approximate surface area is 140 Å². The Kier molecular flexibility index (Phi) is 3.83. The summed E-state index contributed by atoms with van der Waals surface area (Å²) in [4.78, 5) is 22.9. The van der Waals surface area contributed by atoms with Gasteiger partial charge in [0.2, 0.25) is 5.91 Å². The fraction of sp³-hybridized carbons (Fsp3) is 0.211. The molecule has 1 aromatic heterocycles. The van der Waals surface area contributed by atoms with Gasteiger partial charge in [0.1, 0.15) is 12.1 Å². The molecule has 24 heavy (non-hydrogen) atoms. The molecule has 1 aliphatic heterocycles. The molecule has 1 amide bonds. The van der Waals surface area contributed by atoms with E-state index in [9.17, 15) is 4.79 Å². The minimum atomic E-state index is 0.0900. The van der Waals surface area contributed by atoms with Gasteiger partial charge in [0.05, 0.1) is 12.1 Å². The van der Waals surface area contributed by atoms with Crippen LogP contribution in [0.2, 0.25) is 0 Å². The van der Waals surface area contributed by atoms with Crippen LogP contribution in [-0.2, 0) is 17.8 Å². The number of fused-ring (bicyclic) bond motifs is 2. The molecule has 0 radical (unpaired) electrons. The van der Waals surface area contributed by atoms with E-state index in [2.05, 4.69) is 33.5 Å². The lowest BCUT2D eigenvalue weighted by molar-refractivity contribution is -0.130. The number of benzene rings is 2. The molecule has 0 aliphatic carbocycles. The number of nitrogens with one attached hydrogen (secondary N) is 1. The molecule has 0 saturated heterocycles. The Morgan fingerprint density at radius 1 is 1.04 bits per heavy atom. The van der Waals surface area contributed by atoms with Crippen LogP contribution in [-0.4, -0.2) is 33.9 Å². The fourth-order valence-corrected chi connectivity index (χ4v) is 3.13. The molecule has 5 nitrogen and oxygen atoms in total. The third-order valence-electron chi connectivity index (χ3n) is 4.43. The summed E-state index contributed by atoms with van der Waals surface area (Å²) >= 11 is 0. The first-order valence-corrected chi connectivity index (χ1v) is 8.09. The predicted molar refractivity (Wildman–Crippen MR) is 93.6 cm³/mol. The van der Waals surface area contributed by atoms with Crippen LogP contribution in [0.3, 0.4) is 0 Å². The molecule has 0 fully saturated rings. The smallest absolute Gasteiger partial charge is 0.242 e. The molecule has 5 heteroatoms. The van der Waals surface area contributed by atoms with E-state index < -0.39 is 0 Å². The van der Waals surface area contributed by atoms with Gasteiger partial charge in [0.25, 0.3) is 0 Å². The highest BCUT2D eigenvalue weighted by Crippen LogP contribution is 2.20. The van der Waals surface area contributed by atoms with E-state index in [4.69, 9.17) is 0 Å². The van der Waals surface area contributed by atoms with Gasteiger partial charge in [-0.3, -0.25) is 4.79 Å². The SMILES string of the molecule is O=C(CNc1ncnc2ccccc12)N1CCc2ccccc2C1. The lowest BCUT2D eigenvalue weighted by atomic mass is 10.00. The topological polar surface area (TPSA) is 58.1 Å². The van der Waals surface area contributed by atoms with Gasteiger partial charge < -0.3 is 10.2 Å². The summed E-state index contributed by atoms with van der Waals surface area (Å²) in [5.41, 5.74) is 3.45. The van der Waals surface area contributed by atoms with Crippen molar-refractivity contribution >= 4 is 22.6 Å². The zero-order valence-corrected chi connectivity index (χ0v) is 13.3. The zero-order chi connectivity index (χ0) is 16.4. The molecule has 0 spiro atoms. The number of carbonyl (C=O) groups excluding carboxylic acids is 1. The first kappa shape index (κ1) is 14.6. The van der Waals surface area contributed by atoms with E-state index in [0.717, 1.165) is 23.9 Å². The van der Waals surface area contributed by atoms with Crippen molar-refractivity contribution in [2.45, 2.75) is 13.0 Å². The molecule has 120 valence electrons. The van der Waals surface area contributed by atoms with Crippen molar-refractivity contribution in [1.82, 2.24) is 14.9 Å². The minimum Gasteiger partial charge on any atom is -0.360 e. The maximum absolute atomic E-state index is 12.5. The summed E-state index contributed by atoms with van der Waals surface area (Å²) in [5, 5.41) is 4.09. The molecule has 4 rings (SSSR count). The number of amides is 1. The number of rotatable bonds is 3. The van der Waals surface area contributed by atoms with Crippen LogP contribution in [0, 0.1) is 0 Å². The minimum absolute atomic E-state index is 0.0900. The second-order valence-electron chi connectivity index (χ2n) is 5.93. The van der Waals surface area contributed by atoms with E-state index >= 15 is 0 Å². The van der Waals surface area contributed by atoms with Gasteiger partial charge in [0.15, 0.2) is 0 Å². The van der Waals surface area contributed by atoms with E-state index in [0.29, 0.717) is 12.4 Å². The highest BCUT2D eigenvalue weighted by atomic mass is 16.2. The second-order valence-corrected chi connectivity index (χ2v) is 5.93. The van der Waals surface area contributed by atoms with Crippen molar-refractivity contribution in [2.24, 2.45) is 0 Å².